The van der Waals surface area contributed by atoms with Crippen molar-refractivity contribution in [3.8, 4) is 5.69 Å². The molecular weight excluding hydrogens is 334 g/mol. The Kier molecular flexibility index (Phi) is 5.45. The molecule has 1 aromatic heterocycles. The van der Waals surface area contributed by atoms with Gasteiger partial charge in [-0.05, 0) is 49.6 Å². The summed E-state index contributed by atoms with van der Waals surface area (Å²) in [5.41, 5.74) is 6.09. The number of rotatable bonds is 5. The highest BCUT2D eigenvalue weighted by molar-refractivity contribution is 5.94. The molecule has 3 rings (SSSR count). The molecular formula is C23H27N3O. The van der Waals surface area contributed by atoms with Gasteiger partial charge in [-0.15, -0.1) is 0 Å². The molecule has 4 heteroatoms. The molecule has 0 saturated carbocycles. The van der Waals surface area contributed by atoms with Crippen molar-refractivity contribution in [1.82, 2.24) is 14.7 Å². The van der Waals surface area contributed by atoms with Crippen LogP contribution < -0.4 is 0 Å². The minimum atomic E-state index is 0.0246. The first kappa shape index (κ1) is 18.9. The molecule has 0 spiro atoms. The highest BCUT2D eigenvalue weighted by atomic mass is 16.2. The van der Waals surface area contributed by atoms with Crippen molar-refractivity contribution in [2.45, 2.75) is 40.2 Å². The first-order valence-electron chi connectivity index (χ1n) is 9.34. The fourth-order valence-electron chi connectivity index (χ4n) is 3.26. The summed E-state index contributed by atoms with van der Waals surface area (Å²) >= 11 is 0. The Labute approximate surface area is 161 Å². The Hall–Kier alpha value is -2.88. The highest BCUT2D eigenvalue weighted by Crippen LogP contribution is 2.21. The van der Waals surface area contributed by atoms with E-state index in [9.17, 15) is 4.79 Å². The molecule has 1 heterocycles. The summed E-state index contributed by atoms with van der Waals surface area (Å²) in [6, 6.07) is 18.0. The predicted molar refractivity (Wildman–Crippen MR) is 109 cm³/mol. The lowest BCUT2D eigenvalue weighted by Gasteiger charge is -2.18. The van der Waals surface area contributed by atoms with Gasteiger partial charge in [-0.2, -0.15) is 5.10 Å². The largest absolute Gasteiger partial charge is 0.337 e. The molecule has 27 heavy (non-hydrogen) atoms. The van der Waals surface area contributed by atoms with E-state index in [0.717, 1.165) is 22.6 Å². The number of amides is 1. The van der Waals surface area contributed by atoms with E-state index >= 15 is 0 Å². The first-order valence-corrected chi connectivity index (χ1v) is 9.34. The topological polar surface area (TPSA) is 38.1 Å². The van der Waals surface area contributed by atoms with E-state index < -0.39 is 0 Å². The third kappa shape index (κ3) is 3.95. The smallest absolute Gasteiger partial charge is 0.253 e. The SMILES string of the molecule is Cc1nn(-c2ccccc2)c(C)c1CN(C)C(=O)c1ccc(C(C)C)cc1. The van der Waals surface area contributed by atoms with Gasteiger partial charge in [0.05, 0.1) is 11.4 Å². The summed E-state index contributed by atoms with van der Waals surface area (Å²) in [6.45, 7) is 8.89. The monoisotopic (exact) mass is 361 g/mol. The molecule has 0 fully saturated rings. The summed E-state index contributed by atoms with van der Waals surface area (Å²) in [5.74, 6) is 0.484. The maximum atomic E-state index is 12.8. The first-order chi connectivity index (χ1) is 12.9. The molecule has 3 aromatic rings. The van der Waals surface area contributed by atoms with E-state index in [1.54, 1.807) is 4.90 Å². The fraction of sp³-hybridized carbons (Fsp3) is 0.304. The van der Waals surface area contributed by atoms with Crippen molar-refractivity contribution in [2.75, 3.05) is 7.05 Å². The van der Waals surface area contributed by atoms with Gasteiger partial charge in [-0.1, -0.05) is 44.2 Å². The number of carbonyl (C=O) groups is 1. The minimum absolute atomic E-state index is 0.0246. The number of carbonyl (C=O) groups excluding carboxylic acids is 1. The van der Waals surface area contributed by atoms with Gasteiger partial charge in [0.2, 0.25) is 0 Å². The van der Waals surface area contributed by atoms with Crippen LogP contribution >= 0.6 is 0 Å². The van der Waals surface area contributed by atoms with Gasteiger partial charge in [0.1, 0.15) is 0 Å². The Morgan fingerprint density at radius 3 is 2.26 bits per heavy atom. The molecule has 0 N–H and O–H groups in total. The van der Waals surface area contributed by atoms with E-state index in [4.69, 9.17) is 0 Å². The minimum Gasteiger partial charge on any atom is -0.337 e. The highest BCUT2D eigenvalue weighted by Gasteiger charge is 2.18. The number of hydrogen-bond donors (Lipinski definition) is 0. The van der Waals surface area contributed by atoms with Crippen LogP contribution in [0.4, 0.5) is 0 Å². The van der Waals surface area contributed by atoms with Crippen LogP contribution in [0.5, 0.6) is 0 Å². The molecule has 2 aromatic carbocycles. The van der Waals surface area contributed by atoms with Gasteiger partial charge in [0.25, 0.3) is 5.91 Å². The second-order valence-electron chi connectivity index (χ2n) is 7.33. The molecule has 0 bridgehead atoms. The van der Waals surface area contributed by atoms with Crippen molar-refractivity contribution in [1.29, 1.82) is 0 Å². The van der Waals surface area contributed by atoms with Gasteiger partial charge in [-0.3, -0.25) is 4.79 Å². The molecule has 0 radical (unpaired) electrons. The summed E-state index contributed by atoms with van der Waals surface area (Å²) in [4.78, 5) is 14.6. The molecule has 0 saturated heterocycles. The Balaban J connectivity index is 1.80. The summed E-state index contributed by atoms with van der Waals surface area (Å²) in [5, 5.41) is 4.68. The van der Waals surface area contributed by atoms with Gasteiger partial charge < -0.3 is 4.90 Å². The Morgan fingerprint density at radius 2 is 1.67 bits per heavy atom. The normalized spacial score (nSPS) is 11.0. The fourth-order valence-corrected chi connectivity index (χ4v) is 3.26. The molecule has 140 valence electrons. The third-order valence-electron chi connectivity index (χ3n) is 5.01. The van der Waals surface area contributed by atoms with Crippen molar-refractivity contribution in [3.05, 3.63) is 82.7 Å². The lowest BCUT2D eigenvalue weighted by Crippen LogP contribution is -2.26. The molecule has 0 aliphatic rings. The van der Waals surface area contributed by atoms with Gasteiger partial charge in [0, 0.05) is 30.4 Å². The van der Waals surface area contributed by atoms with Crippen molar-refractivity contribution in [3.63, 3.8) is 0 Å². The zero-order chi connectivity index (χ0) is 19.6. The van der Waals surface area contributed by atoms with Crippen LogP contribution in [0.15, 0.2) is 54.6 Å². The average Bonchev–Trinajstić information content (AvgIpc) is 2.96. The molecule has 4 nitrogen and oxygen atoms in total. The number of aryl methyl sites for hydroxylation is 1. The zero-order valence-electron chi connectivity index (χ0n) is 16.7. The summed E-state index contributed by atoms with van der Waals surface area (Å²) < 4.78 is 1.94. The number of nitrogens with zero attached hydrogens (tertiary/aromatic N) is 3. The number of para-hydroxylation sites is 1. The van der Waals surface area contributed by atoms with Gasteiger partial charge in [-0.25, -0.2) is 4.68 Å². The van der Waals surface area contributed by atoms with E-state index in [1.165, 1.54) is 5.56 Å². The third-order valence-corrected chi connectivity index (χ3v) is 5.01. The molecule has 1 amide bonds. The Bertz CT molecular complexity index is 924. The van der Waals surface area contributed by atoms with Gasteiger partial charge in [0.15, 0.2) is 0 Å². The van der Waals surface area contributed by atoms with E-state index in [-0.39, 0.29) is 5.91 Å². The van der Waals surface area contributed by atoms with Crippen molar-refractivity contribution >= 4 is 5.91 Å². The predicted octanol–water partition coefficient (Wildman–Crippen LogP) is 4.88. The summed E-state index contributed by atoms with van der Waals surface area (Å²) in [7, 11) is 1.84. The van der Waals surface area contributed by atoms with Gasteiger partial charge >= 0.3 is 0 Å². The van der Waals surface area contributed by atoms with Crippen molar-refractivity contribution < 1.29 is 4.79 Å². The second kappa shape index (κ2) is 7.78. The quantitative estimate of drug-likeness (QED) is 0.649. The second-order valence-corrected chi connectivity index (χ2v) is 7.33. The van der Waals surface area contributed by atoms with Crippen molar-refractivity contribution in [2.24, 2.45) is 0 Å². The van der Waals surface area contributed by atoms with E-state index in [2.05, 4.69) is 25.9 Å². The van der Waals surface area contributed by atoms with Crippen LogP contribution in [0.2, 0.25) is 0 Å². The van der Waals surface area contributed by atoms with Crippen LogP contribution in [0.1, 0.15) is 52.6 Å². The van der Waals surface area contributed by atoms with E-state index in [0.29, 0.717) is 18.0 Å². The van der Waals surface area contributed by atoms with E-state index in [1.807, 2.05) is 73.3 Å². The lowest BCUT2D eigenvalue weighted by molar-refractivity contribution is 0.0784. The molecule has 0 unspecified atom stereocenters. The van der Waals surface area contributed by atoms with Crippen LogP contribution in [0.3, 0.4) is 0 Å². The van der Waals surface area contributed by atoms with Crippen LogP contribution in [-0.2, 0) is 6.54 Å². The number of hydrogen-bond acceptors (Lipinski definition) is 2. The standard InChI is InChI=1S/C23H27N3O/c1-16(2)19-11-13-20(14-12-19)23(27)25(5)15-22-17(3)24-26(18(22)4)21-9-7-6-8-10-21/h6-14,16H,15H2,1-5H3. The molecule has 0 atom stereocenters. The lowest BCUT2D eigenvalue weighted by atomic mass is 10.0. The maximum Gasteiger partial charge on any atom is 0.253 e. The van der Waals surface area contributed by atoms with Crippen LogP contribution in [0, 0.1) is 13.8 Å². The zero-order valence-corrected chi connectivity index (χ0v) is 16.7. The molecule has 0 aliphatic carbocycles. The van der Waals surface area contributed by atoms with Crippen LogP contribution in [-0.4, -0.2) is 27.6 Å². The average molecular weight is 361 g/mol. The summed E-state index contributed by atoms with van der Waals surface area (Å²) in [6.07, 6.45) is 0. The Morgan fingerprint density at radius 1 is 1.04 bits per heavy atom. The number of aromatic nitrogens is 2. The maximum absolute atomic E-state index is 12.8. The number of benzene rings is 2. The molecule has 0 aliphatic heterocycles. The van der Waals surface area contributed by atoms with Crippen LogP contribution in [0.25, 0.3) is 5.69 Å².